The molecule has 0 spiro atoms. The lowest BCUT2D eigenvalue weighted by Crippen LogP contribution is -2.45. The van der Waals surface area contributed by atoms with E-state index in [2.05, 4.69) is 22.2 Å². The number of piperidine rings is 1. The number of aromatic nitrogens is 2. The number of hydrogen-bond acceptors (Lipinski definition) is 3. The normalized spacial score (nSPS) is 17.1. The predicted molar refractivity (Wildman–Crippen MR) is 84.3 cm³/mol. The van der Waals surface area contributed by atoms with E-state index in [0.29, 0.717) is 12.5 Å². The highest BCUT2D eigenvalue weighted by Gasteiger charge is 2.21. The first-order valence-electron chi connectivity index (χ1n) is 8.02. The summed E-state index contributed by atoms with van der Waals surface area (Å²) in [6.45, 7) is 9.58. The van der Waals surface area contributed by atoms with Crippen LogP contribution in [0.3, 0.4) is 0 Å². The highest BCUT2D eigenvalue weighted by molar-refractivity contribution is 5.79. The van der Waals surface area contributed by atoms with Gasteiger partial charge in [-0.3, -0.25) is 9.48 Å². The van der Waals surface area contributed by atoms with Crippen molar-refractivity contribution in [2.24, 2.45) is 7.05 Å². The Kier molecular flexibility index (Phi) is 5.39. The second kappa shape index (κ2) is 7.07. The molecular formula is C16H28N4O. The fourth-order valence-electron chi connectivity index (χ4n) is 3.13. The highest BCUT2D eigenvalue weighted by atomic mass is 16.1. The lowest BCUT2D eigenvalue weighted by Gasteiger charge is -2.32. The average molecular weight is 292 g/mol. The zero-order chi connectivity index (χ0) is 15.4. The first-order valence-corrected chi connectivity index (χ1v) is 8.02. The number of carbonyl (C=O) groups is 1. The largest absolute Gasteiger partial charge is 0.353 e. The number of hydrogen-bond donors (Lipinski definition) is 1. The van der Waals surface area contributed by atoms with Crippen LogP contribution >= 0.6 is 0 Å². The van der Waals surface area contributed by atoms with E-state index in [0.717, 1.165) is 42.9 Å². The van der Waals surface area contributed by atoms with Crippen molar-refractivity contribution >= 4 is 5.91 Å². The van der Waals surface area contributed by atoms with Crippen molar-refractivity contribution in [3.63, 3.8) is 0 Å². The first-order chi connectivity index (χ1) is 10.0. The van der Waals surface area contributed by atoms with Crippen molar-refractivity contribution in [3.05, 3.63) is 17.0 Å². The third-order valence-corrected chi connectivity index (χ3v) is 4.49. The summed E-state index contributed by atoms with van der Waals surface area (Å²) < 4.78 is 1.85. The molecule has 5 nitrogen and oxygen atoms in total. The van der Waals surface area contributed by atoms with Crippen molar-refractivity contribution in [3.8, 4) is 0 Å². The summed E-state index contributed by atoms with van der Waals surface area (Å²) in [6, 6.07) is 0.336. The van der Waals surface area contributed by atoms with Gasteiger partial charge in [0.15, 0.2) is 0 Å². The van der Waals surface area contributed by atoms with Gasteiger partial charge in [-0.15, -0.1) is 0 Å². The fraction of sp³-hybridized carbons (Fsp3) is 0.750. The molecule has 0 aromatic carbocycles. The van der Waals surface area contributed by atoms with Gasteiger partial charge in [0.25, 0.3) is 0 Å². The molecule has 2 heterocycles. The lowest BCUT2D eigenvalue weighted by atomic mass is 10.0. The van der Waals surface area contributed by atoms with E-state index in [-0.39, 0.29) is 5.91 Å². The van der Waals surface area contributed by atoms with Gasteiger partial charge in [-0.2, -0.15) is 5.10 Å². The second-order valence-corrected chi connectivity index (χ2v) is 6.13. The van der Waals surface area contributed by atoms with Crippen molar-refractivity contribution in [1.29, 1.82) is 0 Å². The van der Waals surface area contributed by atoms with Crippen LogP contribution in [0.15, 0.2) is 0 Å². The fourth-order valence-corrected chi connectivity index (χ4v) is 3.13. The van der Waals surface area contributed by atoms with Gasteiger partial charge in [0, 0.05) is 37.4 Å². The summed E-state index contributed by atoms with van der Waals surface area (Å²) >= 11 is 0. The second-order valence-electron chi connectivity index (χ2n) is 6.13. The Morgan fingerprint density at radius 1 is 1.33 bits per heavy atom. The van der Waals surface area contributed by atoms with Crippen LogP contribution in [0.5, 0.6) is 0 Å². The third-order valence-electron chi connectivity index (χ3n) is 4.49. The quantitative estimate of drug-likeness (QED) is 0.896. The molecule has 1 aliphatic rings. The molecule has 5 heteroatoms. The molecule has 0 saturated carbocycles. The molecule has 1 N–H and O–H groups in total. The molecule has 21 heavy (non-hydrogen) atoms. The first kappa shape index (κ1) is 16.0. The molecule has 1 amide bonds. The molecular weight excluding hydrogens is 264 g/mol. The molecule has 2 rings (SSSR count). The van der Waals surface area contributed by atoms with Crippen LogP contribution in [0.1, 0.15) is 43.1 Å². The number of carbonyl (C=O) groups excluding carboxylic acids is 1. The van der Waals surface area contributed by atoms with E-state index in [1.807, 2.05) is 25.6 Å². The Balaban J connectivity index is 1.83. The van der Waals surface area contributed by atoms with E-state index >= 15 is 0 Å². The monoisotopic (exact) mass is 292 g/mol. The highest BCUT2D eigenvalue weighted by Crippen LogP contribution is 2.14. The van der Waals surface area contributed by atoms with E-state index in [9.17, 15) is 4.79 Å². The SMILES string of the molecule is CCCN1CCC(NC(=O)Cc2c(C)nn(C)c2C)CC1. The van der Waals surface area contributed by atoms with Crippen molar-refractivity contribution in [2.75, 3.05) is 19.6 Å². The van der Waals surface area contributed by atoms with Gasteiger partial charge < -0.3 is 10.2 Å². The van der Waals surface area contributed by atoms with Crippen LogP contribution in [-0.4, -0.2) is 46.3 Å². The van der Waals surface area contributed by atoms with Crippen LogP contribution in [-0.2, 0) is 18.3 Å². The predicted octanol–water partition coefficient (Wildman–Crippen LogP) is 1.57. The molecule has 1 aromatic heterocycles. The molecule has 0 atom stereocenters. The van der Waals surface area contributed by atoms with Crippen LogP contribution in [0.25, 0.3) is 0 Å². The number of amides is 1. The Labute approximate surface area is 127 Å². The number of aryl methyl sites for hydroxylation is 2. The Morgan fingerprint density at radius 2 is 2.00 bits per heavy atom. The number of likely N-dealkylation sites (tertiary alicyclic amines) is 1. The zero-order valence-electron chi connectivity index (χ0n) is 13.8. The molecule has 0 radical (unpaired) electrons. The van der Waals surface area contributed by atoms with Crippen molar-refractivity contribution in [2.45, 2.75) is 52.5 Å². The smallest absolute Gasteiger partial charge is 0.224 e. The van der Waals surface area contributed by atoms with Crippen molar-refractivity contribution < 1.29 is 4.79 Å². The molecule has 118 valence electrons. The summed E-state index contributed by atoms with van der Waals surface area (Å²) in [5, 5.41) is 7.56. The summed E-state index contributed by atoms with van der Waals surface area (Å²) in [6.07, 6.45) is 3.78. The van der Waals surface area contributed by atoms with Gasteiger partial charge in [0.2, 0.25) is 5.91 Å². The molecule has 1 fully saturated rings. The van der Waals surface area contributed by atoms with Gasteiger partial charge in [-0.05, 0) is 39.7 Å². The third kappa shape index (κ3) is 4.06. The zero-order valence-corrected chi connectivity index (χ0v) is 13.8. The maximum atomic E-state index is 12.2. The minimum absolute atomic E-state index is 0.128. The van der Waals surface area contributed by atoms with Gasteiger partial charge in [-0.25, -0.2) is 0 Å². The van der Waals surface area contributed by atoms with Gasteiger partial charge in [0.05, 0.1) is 12.1 Å². The maximum Gasteiger partial charge on any atom is 0.224 e. The molecule has 1 aliphatic heterocycles. The van der Waals surface area contributed by atoms with E-state index in [1.165, 1.54) is 13.0 Å². The summed E-state index contributed by atoms with van der Waals surface area (Å²) in [5.41, 5.74) is 3.11. The molecule has 0 unspecified atom stereocenters. The Hall–Kier alpha value is -1.36. The van der Waals surface area contributed by atoms with Crippen LogP contribution in [0.4, 0.5) is 0 Å². The lowest BCUT2D eigenvalue weighted by molar-refractivity contribution is -0.121. The number of nitrogens with zero attached hydrogens (tertiary/aromatic N) is 3. The average Bonchev–Trinajstić information content (AvgIpc) is 2.68. The standard InChI is InChI=1S/C16H28N4O/c1-5-8-20-9-6-14(7-10-20)17-16(21)11-15-12(2)18-19(4)13(15)3/h14H,5-11H2,1-4H3,(H,17,21). The van der Waals surface area contributed by atoms with Crippen LogP contribution in [0.2, 0.25) is 0 Å². The maximum absolute atomic E-state index is 12.2. The number of nitrogens with one attached hydrogen (secondary N) is 1. The summed E-state index contributed by atoms with van der Waals surface area (Å²) in [4.78, 5) is 14.7. The van der Waals surface area contributed by atoms with Gasteiger partial charge in [-0.1, -0.05) is 6.92 Å². The molecule has 1 aromatic rings. The molecule has 0 aliphatic carbocycles. The van der Waals surface area contributed by atoms with E-state index < -0.39 is 0 Å². The minimum Gasteiger partial charge on any atom is -0.353 e. The molecule has 0 bridgehead atoms. The van der Waals surface area contributed by atoms with E-state index in [4.69, 9.17) is 0 Å². The van der Waals surface area contributed by atoms with Crippen molar-refractivity contribution in [1.82, 2.24) is 20.0 Å². The Bertz CT molecular complexity index is 487. The summed E-state index contributed by atoms with van der Waals surface area (Å²) in [5.74, 6) is 0.128. The topological polar surface area (TPSA) is 50.2 Å². The summed E-state index contributed by atoms with van der Waals surface area (Å²) in [7, 11) is 1.92. The van der Waals surface area contributed by atoms with E-state index in [1.54, 1.807) is 0 Å². The van der Waals surface area contributed by atoms with Gasteiger partial charge in [0.1, 0.15) is 0 Å². The van der Waals surface area contributed by atoms with Crippen LogP contribution < -0.4 is 5.32 Å². The number of rotatable bonds is 5. The minimum atomic E-state index is 0.128. The molecule has 1 saturated heterocycles. The van der Waals surface area contributed by atoms with Gasteiger partial charge >= 0.3 is 0 Å². The Morgan fingerprint density at radius 3 is 2.52 bits per heavy atom. The van der Waals surface area contributed by atoms with Crippen LogP contribution in [0, 0.1) is 13.8 Å².